The van der Waals surface area contributed by atoms with Crippen LogP contribution in [0.5, 0.6) is 0 Å². The summed E-state index contributed by atoms with van der Waals surface area (Å²) in [6.45, 7) is 7.72. The molecule has 1 aromatic heterocycles. The Kier molecular flexibility index (Phi) is 6.20. The fourth-order valence-corrected chi connectivity index (χ4v) is 2.64. The van der Waals surface area contributed by atoms with E-state index >= 15 is 0 Å². The van der Waals surface area contributed by atoms with Crippen molar-refractivity contribution in [2.45, 2.75) is 52.6 Å². The van der Waals surface area contributed by atoms with Crippen LogP contribution in [-0.2, 0) is 13.0 Å². The molecule has 0 spiro atoms. The van der Waals surface area contributed by atoms with Crippen LogP contribution in [-0.4, -0.2) is 22.9 Å². The van der Waals surface area contributed by atoms with Crippen molar-refractivity contribution in [3.05, 3.63) is 16.4 Å². The first-order valence-electron chi connectivity index (χ1n) is 6.47. The fourth-order valence-electron chi connectivity index (χ4n) is 2.14. The monoisotopic (exact) mass is 301 g/mol. The van der Waals surface area contributed by atoms with Gasteiger partial charge in [-0.15, -0.1) is 0 Å². The summed E-state index contributed by atoms with van der Waals surface area (Å²) >= 11 is 3.59. The highest BCUT2D eigenvalue weighted by molar-refractivity contribution is 9.10. The minimum atomic E-state index is 0.576. The molecule has 4 heteroatoms. The molecule has 0 aliphatic carbocycles. The quantitative estimate of drug-likeness (QED) is 0.838. The molecule has 1 unspecified atom stereocenters. The third-order valence-corrected chi connectivity index (χ3v) is 3.86. The van der Waals surface area contributed by atoms with Crippen molar-refractivity contribution in [3.63, 3.8) is 0 Å². The van der Waals surface area contributed by atoms with Gasteiger partial charge in [0.15, 0.2) is 0 Å². The molecule has 0 aromatic carbocycles. The van der Waals surface area contributed by atoms with Gasteiger partial charge in [0.1, 0.15) is 0 Å². The van der Waals surface area contributed by atoms with Gasteiger partial charge < -0.3 is 5.32 Å². The second kappa shape index (κ2) is 7.17. The van der Waals surface area contributed by atoms with Crippen LogP contribution in [0, 0.1) is 5.92 Å². The van der Waals surface area contributed by atoms with E-state index in [1.54, 1.807) is 0 Å². The van der Waals surface area contributed by atoms with Crippen LogP contribution in [0.25, 0.3) is 0 Å². The van der Waals surface area contributed by atoms with Crippen molar-refractivity contribution in [1.29, 1.82) is 0 Å². The van der Waals surface area contributed by atoms with E-state index in [4.69, 9.17) is 0 Å². The molecule has 0 amide bonds. The lowest BCUT2D eigenvalue weighted by atomic mass is 9.98. The normalized spacial score (nSPS) is 13.3. The van der Waals surface area contributed by atoms with E-state index in [1.807, 2.05) is 13.2 Å². The van der Waals surface area contributed by atoms with Gasteiger partial charge in [-0.2, -0.15) is 5.10 Å². The summed E-state index contributed by atoms with van der Waals surface area (Å²) in [5.41, 5.74) is 1.33. The van der Waals surface area contributed by atoms with Crippen molar-refractivity contribution in [3.8, 4) is 0 Å². The Labute approximate surface area is 113 Å². The minimum absolute atomic E-state index is 0.576. The number of hydrogen-bond acceptors (Lipinski definition) is 2. The van der Waals surface area contributed by atoms with Gasteiger partial charge in [-0.25, -0.2) is 0 Å². The number of nitrogens with zero attached hydrogens (tertiary/aromatic N) is 2. The number of nitrogens with one attached hydrogen (secondary N) is 1. The number of halogens is 1. The molecule has 1 aromatic rings. The lowest BCUT2D eigenvalue weighted by molar-refractivity contribution is 0.397. The Balaban J connectivity index is 2.64. The number of rotatable bonds is 7. The molecular formula is C13H24BrN3. The number of aromatic nitrogens is 2. The molecule has 0 saturated carbocycles. The molecule has 1 atom stereocenters. The predicted octanol–water partition coefficient (Wildman–Crippen LogP) is 3.23. The van der Waals surface area contributed by atoms with Crippen LogP contribution in [0.4, 0.5) is 0 Å². The Morgan fingerprint density at radius 2 is 2.18 bits per heavy atom. The maximum absolute atomic E-state index is 4.40. The molecule has 3 nitrogen and oxygen atoms in total. The third-order valence-electron chi connectivity index (χ3n) is 3.20. The molecule has 1 rings (SSSR count). The van der Waals surface area contributed by atoms with Gasteiger partial charge >= 0.3 is 0 Å². The summed E-state index contributed by atoms with van der Waals surface area (Å²) in [5.74, 6) is 0.668. The maximum Gasteiger partial charge on any atom is 0.0635 e. The summed E-state index contributed by atoms with van der Waals surface area (Å²) in [6.07, 6.45) is 5.27. The Morgan fingerprint density at radius 3 is 2.71 bits per heavy atom. The molecule has 0 aliphatic heterocycles. The summed E-state index contributed by atoms with van der Waals surface area (Å²) in [7, 11) is 2.04. The summed E-state index contributed by atoms with van der Waals surface area (Å²) < 4.78 is 3.27. The zero-order valence-electron chi connectivity index (χ0n) is 11.3. The van der Waals surface area contributed by atoms with Crippen LogP contribution in [0.2, 0.25) is 0 Å². The van der Waals surface area contributed by atoms with Crippen molar-refractivity contribution < 1.29 is 0 Å². The number of hydrogen-bond donors (Lipinski definition) is 1. The van der Waals surface area contributed by atoms with E-state index in [9.17, 15) is 0 Å². The highest BCUT2D eigenvalue weighted by atomic mass is 79.9. The Morgan fingerprint density at radius 1 is 1.47 bits per heavy atom. The summed E-state index contributed by atoms with van der Waals surface area (Å²) in [5, 5.41) is 7.79. The Bertz CT molecular complexity index is 333. The van der Waals surface area contributed by atoms with E-state index in [1.165, 1.54) is 5.69 Å². The topological polar surface area (TPSA) is 29.9 Å². The van der Waals surface area contributed by atoms with Crippen LogP contribution >= 0.6 is 15.9 Å². The average molecular weight is 302 g/mol. The standard InChI is InChI=1S/C13H24BrN3/c1-5-8-17-13(11(14)9-16-17)7-6-12(15-4)10(2)3/h9-10,12,15H,5-8H2,1-4H3. The highest BCUT2D eigenvalue weighted by Gasteiger charge is 2.14. The van der Waals surface area contributed by atoms with E-state index in [0.29, 0.717) is 12.0 Å². The second-order valence-electron chi connectivity index (χ2n) is 4.84. The van der Waals surface area contributed by atoms with Gasteiger partial charge in [0, 0.05) is 12.6 Å². The molecule has 0 bridgehead atoms. The Hall–Kier alpha value is -0.350. The van der Waals surface area contributed by atoms with Crippen LogP contribution < -0.4 is 5.32 Å². The fraction of sp³-hybridized carbons (Fsp3) is 0.769. The molecule has 0 fully saturated rings. The smallest absolute Gasteiger partial charge is 0.0635 e. The average Bonchev–Trinajstić information content (AvgIpc) is 2.62. The molecule has 0 saturated heterocycles. The molecule has 1 N–H and O–H groups in total. The first-order valence-corrected chi connectivity index (χ1v) is 7.26. The van der Waals surface area contributed by atoms with Crippen molar-refractivity contribution in [1.82, 2.24) is 15.1 Å². The molecule has 0 radical (unpaired) electrons. The minimum Gasteiger partial charge on any atom is -0.317 e. The molecular weight excluding hydrogens is 278 g/mol. The first-order chi connectivity index (χ1) is 8.10. The van der Waals surface area contributed by atoms with Gasteiger partial charge in [0.05, 0.1) is 16.4 Å². The second-order valence-corrected chi connectivity index (χ2v) is 5.69. The highest BCUT2D eigenvalue weighted by Crippen LogP contribution is 2.20. The van der Waals surface area contributed by atoms with Gasteiger partial charge in [-0.3, -0.25) is 4.68 Å². The first kappa shape index (κ1) is 14.7. The van der Waals surface area contributed by atoms with E-state index in [0.717, 1.165) is 30.3 Å². The van der Waals surface area contributed by atoms with Gasteiger partial charge in [-0.05, 0) is 48.2 Å². The number of aryl methyl sites for hydroxylation is 1. The largest absolute Gasteiger partial charge is 0.317 e. The lowest BCUT2D eigenvalue weighted by Crippen LogP contribution is -2.31. The van der Waals surface area contributed by atoms with Gasteiger partial charge in [0.2, 0.25) is 0 Å². The van der Waals surface area contributed by atoms with Crippen molar-refractivity contribution in [2.75, 3.05) is 7.05 Å². The zero-order chi connectivity index (χ0) is 12.8. The molecule has 0 aliphatic rings. The van der Waals surface area contributed by atoms with Crippen molar-refractivity contribution >= 4 is 15.9 Å². The zero-order valence-corrected chi connectivity index (χ0v) is 12.9. The van der Waals surface area contributed by atoms with E-state index in [2.05, 4.69) is 51.8 Å². The van der Waals surface area contributed by atoms with Gasteiger partial charge in [0.25, 0.3) is 0 Å². The van der Waals surface area contributed by atoms with Crippen LogP contribution in [0.15, 0.2) is 10.7 Å². The van der Waals surface area contributed by atoms with Gasteiger partial charge in [-0.1, -0.05) is 20.8 Å². The van der Waals surface area contributed by atoms with E-state index < -0.39 is 0 Å². The maximum atomic E-state index is 4.40. The molecule has 17 heavy (non-hydrogen) atoms. The summed E-state index contributed by atoms with van der Waals surface area (Å²) in [6, 6.07) is 0.576. The third kappa shape index (κ3) is 4.11. The summed E-state index contributed by atoms with van der Waals surface area (Å²) in [4.78, 5) is 0. The van der Waals surface area contributed by atoms with Crippen molar-refractivity contribution in [2.24, 2.45) is 5.92 Å². The predicted molar refractivity (Wildman–Crippen MR) is 76.2 cm³/mol. The lowest BCUT2D eigenvalue weighted by Gasteiger charge is -2.20. The van der Waals surface area contributed by atoms with E-state index in [-0.39, 0.29) is 0 Å². The molecule has 98 valence electrons. The van der Waals surface area contributed by atoms with Crippen LogP contribution in [0.3, 0.4) is 0 Å². The SMILES string of the molecule is CCCn1ncc(Br)c1CCC(NC)C(C)C. The van der Waals surface area contributed by atoms with Crippen LogP contribution in [0.1, 0.15) is 39.3 Å². The molecule has 1 heterocycles.